The van der Waals surface area contributed by atoms with E-state index in [4.69, 9.17) is 13.8 Å². The quantitative estimate of drug-likeness (QED) is 0.102. The maximum absolute atomic E-state index is 12.3. The lowest BCUT2D eigenvalue weighted by molar-refractivity contribution is 0.144. The summed E-state index contributed by atoms with van der Waals surface area (Å²) in [7, 11) is -3.05. The summed E-state index contributed by atoms with van der Waals surface area (Å²) >= 11 is 0. The van der Waals surface area contributed by atoms with Gasteiger partial charge in [-0.25, -0.2) is 4.79 Å². The number of hydrogen-bond acceptors (Lipinski definition) is 5. The van der Waals surface area contributed by atoms with Crippen LogP contribution in [0.25, 0.3) is 0 Å². The molecule has 0 radical (unpaired) electrons. The summed E-state index contributed by atoms with van der Waals surface area (Å²) in [6, 6.07) is 0. The number of hydrogen-bond donors (Lipinski definition) is 1. The SMILES string of the molecule is CCCCCCCCCCCCCCCCCCNC(=O)OCCCP(=O)(OCC)OCC. The molecule has 198 valence electrons. The summed E-state index contributed by atoms with van der Waals surface area (Å²) < 4.78 is 27.9. The van der Waals surface area contributed by atoms with Gasteiger partial charge in [-0.05, 0) is 26.7 Å². The number of carbonyl (C=O) groups is 1. The molecule has 0 aliphatic heterocycles. The minimum absolute atomic E-state index is 0.217. The van der Waals surface area contributed by atoms with Crippen molar-refractivity contribution in [1.82, 2.24) is 5.32 Å². The van der Waals surface area contributed by atoms with Crippen LogP contribution in [0, 0.1) is 0 Å². The number of carbonyl (C=O) groups excluding carboxylic acids is 1. The van der Waals surface area contributed by atoms with Gasteiger partial charge in [0.25, 0.3) is 0 Å². The first-order valence-corrected chi connectivity index (χ1v) is 15.6. The molecule has 0 bridgehead atoms. The fourth-order valence-corrected chi connectivity index (χ4v) is 5.53. The van der Waals surface area contributed by atoms with Crippen molar-refractivity contribution in [3.63, 3.8) is 0 Å². The van der Waals surface area contributed by atoms with E-state index >= 15 is 0 Å². The van der Waals surface area contributed by atoms with Crippen LogP contribution < -0.4 is 5.32 Å². The Morgan fingerprint density at radius 3 is 1.48 bits per heavy atom. The zero-order valence-electron chi connectivity index (χ0n) is 22.0. The van der Waals surface area contributed by atoms with Crippen molar-refractivity contribution < 1.29 is 23.1 Å². The molecule has 0 aliphatic carbocycles. The third-order valence-electron chi connectivity index (χ3n) is 5.76. The summed E-state index contributed by atoms with van der Waals surface area (Å²) in [5.41, 5.74) is 0. The molecule has 0 spiro atoms. The van der Waals surface area contributed by atoms with Crippen molar-refractivity contribution in [3.05, 3.63) is 0 Å². The number of amides is 1. The highest BCUT2D eigenvalue weighted by atomic mass is 31.2. The standard InChI is InChI=1S/C26H54NO5P/c1-4-7-8-9-10-11-12-13-14-15-16-17-18-19-20-21-23-27-26(28)30-24-22-25-33(29,31-5-2)32-6-3/h4-25H2,1-3H3,(H,27,28). The summed E-state index contributed by atoms with van der Waals surface area (Å²) in [4.78, 5) is 11.7. The fraction of sp³-hybridized carbons (Fsp3) is 0.962. The maximum Gasteiger partial charge on any atom is 0.407 e. The Hall–Kier alpha value is -0.580. The van der Waals surface area contributed by atoms with Gasteiger partial charge in [0.05, 0.1) is 26.0 Å². The Bertz CT molecular complexity index is 466. The molecule has 0 saturated carbocycles. The highest BCUT2D eigenvalue weighted by Crippen LogP contribution is 2.48. The van der Waals surface area contributed by atoms with Crippen LogP contribution in [-0.4, -0.2) is 38.6 Å². The van der Waals surface area contributed by atoms with Crippen molar-refractivity contribution >= 4 is 13.7 Å². The van der Waals surface area contributed by atoms with E-state index in [2.05, 4.69) is 12.2 Å². The molecule has 7 heteroatoms. The first-order chi connectivity index (χ1) is 16.1. The normalized spacial score (nSPS) is 11.6. The molecule has 0 saturated heterocycles. The monoisotopic (exact) mass is 491 g/mol. The van der Waals surface area contributed by atoms with Gasteiger partial charge in [-0.1, -0.05) is 103 Å². The highest BCUT2D eigenvalue weighted by molar-refractivity contribution is 7.53. The van der Waals surface area contributed by atoms with E-state index in [9.17, 15) is 9.36 Å². The lowest BCUT2D eigenvalue weighted by Crippen LogP contribution is -2.25. The molecular formula is C26H54NO5P. The second kappa shape index (κ2) is 24.5. The van der Waals surface area contributed by atoms with Crippen molar-refractivity contribution in [3.8, 4) is 0 Å². The Morgan fingerprint density at radius 1 is 0.636 bits per heavy atom. The molecule has 33 heavy (non-hydrogen) atoms. The van der Waals surface area contributed by atoms with E-state index in [0.29, 0.717) is 26.2 Å². The number of ether oxygens (including phenoxy) is 1. The Kier molecular flexibility index (Phi) is 24.1. The number of unbranched alkanes of at least 4 members (excludes halogenated alkanes) is 15. The lowest BCUT2D eigenvalue weighted by Gasteiger charge is -2.16. The van der Waals surface area contributed by atoms with Gasteiger partial charge in [-0.15, -0.1) is 0 Å². The molecule has 1 N–H and O–H groups in total. The van der Waals surface area contributed by atoms with Gasteiger partial charge in [0.1, 0.15) is 0 Å². The third kappa shape index (κ3) is 23.0. The number of alkyl carbamates (subject to hydrolysis) is 1. The first-order valence-electron chi connectivity index (χ1n) is 13.9. The largest absolute Gasteiger partial charge is 0.450 e. The zero-order valence-corrected chi connectivity index (χ0v) is 22.9. The molecule has 0 fully saturated rings. The number of rotatable bonds is 25. The van der Waals surface area contributed by atoms with E-state index in [1.54, 1.807) is 13.8 Å². The van der Waals surface area contributed by atoms with E-state index in [1.165, 1.54) is 89.9 Å². The Labute approximate surface area is 204 Å². The molecule has 0 aromatic heterocycles. The van der Waals surface area contributed by atoms with Gasteiger partial charge in [-0.2, -0.15) is 0 Å². The van der Waals surface area contributed by atoms with Crippen molar-refractivity contribution in [1.29, 1.82) is 0 Å². The summed E-state index contributed by atoms with van der Waals surface area (Å²) in [6.07, 6.45) is 21.7. The van der Waals surface area contributed by atoms with Gasteiger partial charge < -0.3 is 19.1 Å². The van der Waals surface area contributed by atoms with E-state index in [-0.39, 0.29) is 12.8 Å². The summed E-state index contributed by atoms with van der Waals surface area (Å²) in [5, 5.41) is 2.79. The van der Waals surface area contributed by atoms with Crippen LogP contribution in [0.4, 0.5) is 4.79 Å². The van der Waals surface area contributed by atoms with Crippen LogP contribution in [0.3, 0.4) is 0 Å². The Morgan fingerprint density at radius 2 is 1.06 bits per heavy atom. The van der Waals surface area contributed by atoms with Gasteiger partial charge >= 0.3 is 13.7 Å². The molecule has 6 nitrogen and oxygen atoms in total. The second-order valence-electron chi connectivity index (χ2n) is 8.89. The van der Waals surface area contributed by atoms with E-state index in [0.717, 1.165) is 12.8 Å². The Balaban J connectivity index is 3.35. The highest BCUT2D eigenvalue weighted by Gasteiger charge is 2.22. The summed E-state index contributed by atoms with van der Waals surface area (Å²) in [6.45, 7) is 7.40. The molecule has 0 aromatic carbocycles. The van der Waals surface area contributed by atoms with Crippen molar-refractivity contribution in [2.45, 2.75) is 130 Å². The second-order valence-corrected chi connectivity index (χ2v) is 11.1. The fourth-order valence-electron chi connectivity index (χ4n) is 3.90. The molecule has 1 amide bonds. The molecule has 0 aliphatic rings. The molecular weight excluding hydrogens is 437 g/mol. The van der Waals surface area contributed by atoms with Gasteiger partial charge in [0.15, 0.2) is 0 Å². The van der Waals surface area contributed by atoms with E-state index in [1.807, 2.05) is 0 Å². The van der Waals surface area contributed by atoms with Crippen LogP contribution in [-0.2, 0) is 18.3 Å². The van der Waals surface area contributed by atoms with Crippen LogP contribution in [0.5, 0.6) is 0 Å². The van der Waals surface area contributed by atoms with Crippen LogP contribution >= 0.6 is 7.60 Å². The molecule has 0 unspecified atom stereocenters. The van der Waals surface area contributed by atoms with Gasteiger partial charge in [-0.3, -0.25) is 4.57 Å². The number of nitrogens with one attached hydrogen (secondary N) is 1. The molecule has 0 atom stereocenters. The summed E-state index contributed by atoms with van der Waals surface area (Å²) in [5.74, 6) is 0. The van der Waals surface area contributed by atoms with Gasteiger partial charge in [0.2, 0.25) is 0 Å². The maximum atomic E-state index is 12.3. The molecule has 0 aromatic rings. The average Bonchev–Trinajstić information content (AvgIpc) is 2.79. The third-order valence-corrected chi connectivity index (χ3v) is 7.93. The van der Waals surface area contributed by atoms with Crippen LogP contribution in [0.1, 0.15) is 130 Å². The molecule has 0 heterocycles. The predicted molar refractivity (Wildman–Crippen MR) is 139 cm³/mol. The smallest absolute Gasteiger partial charge is 0.407 e. The minimum atomic E-state index is -3.05. The van der Waals surface area contributed by atoms with Crippen LogP contribution in [0.15, 0.2) is 0 Å². The van der Waals surface area contributed by atoms with Gasteiger partial charge in [0, 0.05) is 6.54 Å². The minimum Gasteiger partial charge on any atom is -0.450 e. The lowest BCUT2D eigenvalue weighted by atomic mass is 10.0. The van der Waals surface area contributed by atoms with Crippen molar-refractivity contribution in [2.24, 2.45) is 0 Å². The first kappa shape index (κ1) is 32.4. The zero-order chi connectivity index (χ0) is 24.5. The predicted octanol–water partition coefficient (Wildman–Crippen LogP) is 8.63. The molecule has 0 rings (SSSR count). The van der Waals surface area contributed by atoms with Crippen LogP contribution in [0.2, 0.25) is 0 Å². The average molecular weight is 492 g/mol. The topological polar surface area (TPSA) is 73.9 Å². The van der Waals surface area contributed by atoms with E-state index < -0.39 is 13.7 Å². The van der Waals surface area contributed by atoms with Crippen molar-refractivity contribution in [2.75, 3.05) is 32.5 Å².